The Balaban J connectivity index is 2.25. The van der Waals surface area contributed by atoms with Crippen LogP contribution >= 0.6 is 0 Å². The molecule has 0 unspecified atom stereocenters. The molecule has 2 atom stereocenters. The van der Waals surface area contributed by atoms with Crippen LogP contribution in [-0.2, 0) is 22.4 Å². The van der Waals surface area contributed by atoms with Crippen molar-refractivity contribution in [3.63, 3.8) is 0 Å². The van der Waals surface area contributed by atoms with E-state index in [1.165, 1.54) is 24.7 Å². The molecule has 0 saturated carbocycles. The van der Waals surface area contributed by atoms with E-state index in [1.54, 1.807) is 0 Å². The second-order valence-electron chi connectivity index (χ2n) is 4.79. The lowest BCUT2D eigenvalue weighted by molar-refractivity contribution is -0.141. The molecule has 1 aliphatic carbocycles. The quantitative estimate of drug-likeness (QED) is 0.713. The molecule has 0 aliphatic heterocycles. The van der Waals surface area contributed by atoms with Gasteiger partial charge in [0.05, 0.1) is 13.0 Å². The standard InChI is InChI=1S/C14H18O2/c1-9-6-12-5-4-11(8-13(12)7-9)10(2)14(15)16-3/h4-5,8-10H,6-7H2,1-3H3/t9-,10-/m1/s1. The third-order valence-electron chi connectivity index (χ3n) is 3.42. The van der Waals surface area contributed by atoms with Crippen molar-refractivity contribution in [2.24, 2.45) is 5.92 Å². The van der Waals surface area contributed by atoms with Crippen LogP contribution in [0.2, 0.25) is 0 Å². The fraction of sp³-hybridized carbons (Fsp3) is 0.500. The summed E-state index contributed by atoms with van der Waals surface area (Å²) in [6.45, 7) is 4.16. The highest BCUT2D eigenvalue weighted by Crippen LogP contribution is 2.29. The number of ether oxygens (including phenoxy) is 1. The molecule has 0 bridgehead atoms. The van der Waals surface area contributed by atoms with E-state index in [4.69, 9.17) is 4.74 Å². The third kappa shape index (κ3) is 1.97. The van der Waals surface area contributed by atoms with E-state index in [1.807, 2.05) is 6.92 Å². The van der Waals surface area contributed by atoms with Gasteiger partial charge in [0.15, 0.2) is 0 Å². The molecule has 0 heterocycles. The van der Waals surface area contributed by atoms with Gasteiger partial charge in [0.1, 0.15) is 0 Å². The Kier molecular flexibility index (Phi) is 2.99. The maximum absolute atomic E-state index is 11.5. The van der Waals surface area contributed by atoms with Gasteiger partial charge >= 0.3 is 5.97 Å². The zero-order valence-electron chi connectivity index (χ0n) is 10.1. The number of esters is 1. The van der Waals surface area contributed by atoms with E-state index in [-0.39, 0.29) is 11.9 Å². The summed E-state index contributed by atoms with van der Waals surface area (Å²) in [7, 11) is 1.44. The molecule has 0 fully saturated rings. The molecule has 86 valence electrons. The molecule has 16 heavy (non-hydrogen) atoms. The van der Waals surface area contributed by atoms with Gasteiger partial charge in [0.25, 0.3) is 0 Å². The Morgan fingerprint density at radius 1 is 1.38 bits per heavy atom. The first kappa shape index (κ1) is 11.2. The highest BCUT2D eigenvalue weighted by atomic mass is 16.5. The number of methoxy groups -OCH3 is 1. The molecule has 0 radical (unpaired) electrons. The van der Waals surface area contributed by atoms with E-state index in [9.17, 15) is 4.79 Å². The van der Waals surface area contributed by atoms with Crippen molar-refractivity contribution in [2.45, 2.75) is 32.6 Å². The summed E-state index contributed by atoms with van der Waals surface area (Å²) < 4.78 is 4.77. The second kappa shape index (κ2) is 4.28. The van der Waals surface area contributed by atoms with Crippen molar-refractivity contribution in [3.8, 4) is 0 Å². The van der Waals surface area contributed by atoms with Gasteiger partial charge in [0.2, 0.25) is 0 Å². The van der Waals surface area contributed by atoms with Crippen molar-refractivity contribution >= 4 is 5.97 Å². The molecule has 0 aromatic heterocycles. The monoisotopic (exact) mass is 218 g/mol. The van der Waals surface area contributed by atoms with Crippen LogP contribution in [0, 0.1) is 5.92 Å². The van der Waals surface area contributed by atoms with Crippen molar-refractivity contribution in [3.05, 3.63) is 34.9 Å². The Bertz CT molecular complexity index is 409. The van der Waals surface area contributed by atoms with Crippen LogP contribution in [-0.4, -0.2) is 13.1 Å². The molecular weight excluding hydrogens is 200 g/mol. The van der Waals surface area contributed by atoms with Crippen molar-refractivity contribution < 1.29 is 9.53 Å². The summed E-state index contributed by atoms with van der Waals surface area (Å²) in [5.41, 5.74) is 3.91. The number of carbonyl (C=O) groups excluding carboxylic acids is 1. The summed E-state index contributed by atoms with van der Waals surface area (Å²) in [5.74, 6) is 0.413. The smallest absolute Gasteiger partial charge is 0.312 e. The fourth-order valence-electron chi connectivity index (χ4n) is 2.44. The van der Waals surface area contributed by atoms with Gasteiger partial charge in [0, 0.05) is 0 Å². The van der Waals surface area contributed by atoms with Gasteiger partial charge in [-0.2, -0.15) is 0 Å². The highest BCUT2D eigenvalue weighted by molar-refractivity contribution is 5.77. The van der Waals surface area contributed by atoms with E-state index < -0.39 is 0 Å². The number of hydrogen-bond acceptors (Lipinski definition) is 2. The molecule has 0 spiro atoms. The molecule has 0 N–H and O–H groups in total. The summed E-state index contributed by atoms with van der Waals surface area (Å²) in [6, 6.07) is 6.38. The molecule has 0 amide bonds. The fourth-order valence-corrected chi connectivity index (χ4v) is 2.44. The maximum Gasteiger partial charge on any atom is 0.312 e. The van der Waals surface area contributed by atoms with Crippen LogP contribution in [0.4, 0.5) is 0 Å². The minimum atomic E-state index is -0.161. The molecule has 1 aromatic rings. The van der Waals surface area contributed by atoms with Gasteiger partial charge in [-0.25, -0.2) is 0 Å². The van der Waals surface area contributed by atoms with Gasteiger partial charge in [-0.3, -0.25) is 4.79 Å². The molecule has 2 nitrogen and oxygen atoms in total. The van der Waals surface area contributed by atoms with Crippen LogP contribution < -0.4 is 0 Å². The number of rotatable bonds is 2. The van der Waals surface area contributed by atoms with Crippen LogP contribution in [0.1, 0.15) is 36.5 Å². The number of fused-ring (bicyclic) bond motifs is 1. The van der Waals surface area contributed by atoms with Gasteiger partial charge < -0.3 is 4.74 Å². The predicted octanol–water partition coefficient (Wildman–Crippen LogP) is 2.70. The Labute approximate surface area is 96.6 Å². The van der Waals surface area contributed by atoms with Crippen molar-refractivity contribution in [1.82, 2.24) is 0 Å². The lowest BCUT2D eigenvalue weighted by atomic mass is 9.97. The largest absolute Gasteiger partial charge is 0.469 e. The normalized spacial score (nSPS) is 20.3. The third-order valence-corrected chi connectivity index (χ3v) is 3.42. The molecule has 2 heteroatoms. The Morgan fingerprint density at radius 2 is 2.06 bits per heavy atom. The average Bonchev–Trinajstić information content (AvgIpc) is 2.65. The zero-order chi connectivity index (χ0) is 11.7. The number of benzene rings is 1. The number of hydrogen-bond donors (Lipinski definition) is 0. The van der Waals surface area contributed by atoms with Gasteiger partial charge in [-0.1, -0.05) is 25.1 Å². The first-order valence-electron chi connectivity index (χ1n) is 5.81. The van der Waals surface area contributed by atoms with E-state index in [2.05, 4.69) is 25.1 Å². The zero-order valence-corrected chi connectivity index (χ0v) is 10.1. The predicted molar refractivity (Wildman–Crippen MR) is 63.4 cm³/mol. The summed E-state index contributed by atoms with van der Waals surface area (Å²) in [6.07, 6.45) is 2.30. The Morgan fingerprint density at radius 3 is 2.75 bits per heavy atom. The Hall–Kier alpha value is -1.31. The van der Waals surface area contributed by atoms with E-state index >= 15 is 0 Å². The molecule has 1 aliphatic rings. The first-order valence-corrected chi connectivity index (χ1v) is 5.81. The minimum Gasteiger partial charge on any atom is -0.469 e. The van der Waals surface area contributed by atoms with Gasteiger partial charge in [-0.15, -0.1) is 0 Å². The molecule has 0 saturated heterocycles. The van der Waals surface area contributed by atoms with Crippen LogP contribution in [0.3, 0.4) is 0 Å². The topological polar surface area (TPSA) is 26.3 Å². The lowest BCUT2D eigenvalue weighted by Gasteiger charge is -2.11. The average molecular weight is 218 g/mol. The highest BCUT2D eigenvalue weighted by Gasteiger charge is 2.21. The van der Waals surface area contributed by atoms with Crippen molar-refractivity contribution in [1.29, 1.82) is 0 Å². The van der Waals surface area contributed by atoms with E-state index in [0.29, 0.717) is 0 Å². The minimum absolute atomic E-state index is 0.161. The molecule has 2 rings (SSSR count). The number of carbonyl (C=O) groups is 1. The van der Waals surface area contributed by atoms with E-state index in [0.717, 1.165) is 17.9 Å². The lowest BCUT2D eigenvalue weighted by Crippen LogP contribution is -2.11. The van der Waals surface area contributed by atoms with Crippen LogP contribution in [0.15, 0.2) is 18.2 Å². The molecule has 1 aromatic carbocycles. The van der Waals surface area contributed by atoms with Gasteiger partial charge in [-0.05, 0) is 42.4 Å². The summed E-state index contributed by atoms with van der Waals surface area (Å²) in [4.78, 5) is 11.5. The molecular formula is C14H18O2. The first-order chi connectivity index (χ1) is 7.61. The van der Waals surface area contributed by atoms with Crippen molar-refractivity contribution in [2.75, 3.05) is 7.11 Å². The summed E-state index contributed by atoms with van der Waals surface area (Å²) >= 11 is 0. The summed E-state index contributed by atoms with van der Waals surface area (Å²) in [5, 5.41) is 0. The second-order valence-corrected chi connectivity index (χ2v) is 4.79. The van der Waals surface area contributed by atoms with Crippen LogP contribution in [0.25, 0.3) is 0 Å². The SMILES string of the molecule is COC(=O)[C@H](C)c1ccc2c(c1)C[C@H](C)C2. The maximum atomic E-state index is 11.5. The van der Waals surface area contributed by atoms with Crippen LogP contribution in [0.5, 0.6) is 0 Å².